The summed E-state index contributed by atoms with van der Waals surface area (Å²) < 4.78 is 3.97. The van der Waals surface area contributed by atoms with E-state index in [-0.39, 0.29) is 12.0 Å². The standard InChI is InChI=1S/C26H34N8O/c1-16(2)21-13-30-34-24(10-23(32-26(21)34)28-11-19-5-7-27-14-22(19)35)29-12-20-15-33-8-6-18(17-3-4-17)9-25(33)31-20/h6,8-10,13,15-17,19,22,27,29,35H,3-5,7,11-12,14H2,1-2H3,(H,28,32)/t19-,22+/m1/s1. The van der Waals surface area contributed by atoms with Gasteiger partial charge in [0.05, 0.1) is 24.5 Å². The van der Waals surface area contributed by atoms with Crippen LogP contribution < -0.4 is 16.0 Å². The van der Waals surface area contributed by atoms with E-state index in [2.05, 4.69) is 63.8 Å². The average Bonchev–Trinajstić information content (AvgIpc) is 3.48. The van der Waals surface area contributed by atoms with Crippen molar-refractivity contribution in [1.29, 1.82) is 0 Å². The van der Waals surface area contributed by atoms with E-state index in [1.165, 1.54) is 18.4 Å². The second-order valence-corrected chi connectivity index (χ2v) is 10.3. The number of fused-ring (bicyclic) bond motifs is 2. The summed E-state index contributed by atoms with van der Waals surface area (Å²) in [5.74, 6) is 2.89. The van der Waals surface area contributed by atoms with E-state index in [4.69, 9.17) is 9.97 Å². The van der Waals surface area contributed by atoms with E-state index in [1.807, 2.05) is 16.8 Å². The van der Waals surface area contributed by atoms with Crippen LogP contribution in [-0.4, -0.2) is 54.8 Å². The molecule has 4 aromatic rings. The first-order valence-corrected chi connectivity index (χ1v) is 12.8. The molecular weight excluding hydrogens is 440 g/mol. The molecule has 2 atom stereocenters. The highest BCUT2D eigenvalue weighted by atomic mass is 16.3. The summed E-state index contributed by atoms with van der Waals surface area (Å²) >= 11 is 0. The Morgan fingerprint density at radius 2 is 2.06 bits per heavy atom. The molecule has 1 aliphatic heterocycles. The van der Waals surface area contributed by atoms with Gasteiger partial charge in [0.1, 0.15) is 17.3 Å². The van der Waals surface area contributed by atoms with Crippen molar-refractivity contribution in [2.24, 2.45) is 5.92 Å². The molecule has 0 amide bonds. The number of piperidine rings is 1. The van der Waals surface area contributed by atoms with Gasteiger partial charge in [0, 0.05) is 43.0 Å². The molecule has 1 saturated heterocycles. The molecule has 9 heteroatoms. The maximum absolute atomic E-state index is 10.3. The summed E-state index contributed by atoms with van der Waals surface area (Å²) in [5, 5.41) is 25.2. The van der Waals surface area contributed by atoms with E-state index >= 15 is 0 Å². The van der Waals surface area contributed by atoms with Crippen LogP contribution in [0.5, 0.6) is 0 Å². The monoisotopic (exact) mass is 474 g/mol. The van der Waals surface area contributed by atoms with Gasteiger partial charge >= 0.3 is 0 Å². The highest BCUT2D eigenvalue weighted by Gasteiger charge is 2.24. The predicted molar refractivity (Wildman–Crippen MR) is 137 cm³/mol. The van der Waals surface area contributed by atoms with Crippen molar-refractivity contribution in [3.05, 3.63) is 53.6 Å². The van der Waals surface area contributed by atoms with Crippen molar-refractivity contribution in [1.82, 2.24) is 29.3 Å². The van der Waals surface area contributed by atoms with Crippen LogP contribution in [0, 0.1) is 5.92 Å². The zero-order valence-corrected chi connectivity index (χ0v) is 20.4. The number of pyridine rings is 1. The van der Waals surface area contributed by atoms with Gasteiger partial charge in [-0.05, 0) is 55.3 Å². The molecule has 1 saturated carbocycles. The van der Waals surface area contributed by atoms with Crippen LogP contribution in [-0.2, 0) is 6.54 Å². The lowest BCUT2D eigenvalue weighted by Gasteiger charge is -2.28. The molecule has 0 aromatic carbocycles. The number of aliphatic hydroxyl groups excluding tert-OH is 1. The molecule has 6 rings (SSSR count). The average molecular weight is 475 g/mol. The quantitative estimate of drug-likeness (QED) is 0.310. The summed E-state index contributed by atoms with van der Waals surface area (Å²) in [4.78, 5) is 9.73. The van der Waals surface area contributed by atoms with E-state index in [1.54, 1.807) is 0 Å². The van der Waals surface area contributed by atoms with Gasteiger partial charge in [0.15, 0.2) is 5.65 Å². The Balaban J connectivity index is 1.24. The number of β-amino-alcohol motifs (C(OH)–C–C–N with tert-alkyl or cyclic N) is 1. The van der Waals surface area contributed by atoms with Crippen molar-refractivity contribution >= 4 is 22.9 Å². The molecule has 4 N–H and O–H groups in total. The molecule has 9 nitrogen and oxygen atoms in total. The minimum atomic E-state index is -0.339. The molecule has 0 bridgehead atoms. The normalized spacial score (nSPS) is 20.7. The van der Waals surface area contributed by atoms with Crippen LogP contribution in [0.25, 0.3) is 11.3 Å². The Hall–Kier alpha value is -3.17. The lowest BCUT2D eigenvalue weighted by atomic mass is 9.95. The number of imidazole rings is 1. The Morgan fingerprint density at radius 3 is 2.86 bits per heavy atom. The lowest BCUT2D eigenvalue weighted by Crippen LogP contribution is -2.43. The highest BCUT2D eigenvalue weighted by molar-refractivity contribution is 5.61. The first-order chi connectivity index (χ1) is 17.0. The van der Waals surface area contributed by atoms with Gasteiger partial charge in [-0.2, -0.15) is 9.61 Å². The maximum Gasteiger partial charge on any atom is 0.163 e. The molecule has 4 aromatic heterocycles. The van der Waals surface area contributed by atoms with Crippen LogP contribution in [0.2, 0.25) is 0 Å². The van der Waals surface area contributed by atoms with Gasteiger partial charge in [0.2, 0.25) is 0 Å². The Kier molecular flexibility index (Phi) is 5.82. The fourth-order valence-corrected chi connectivity index (χ4v) is 4.96. The van der Waals surface area contributed by atoms with Crippen LogP contribution >= 0.6 is 0 Å². The summed E-state index contributed by atoms with van der Waals surface area (Å²) in [6.07, 6.45) is 9.29. The zero-order valence-electron chi connectivity index (χ0n) is 20.4. The zero-order chi connectivity index (χ0) is 23.9. The van der Waals surface area contributed by atoms with Crippen LogP contribution in [0.3, 0.4) is 0 Å². The van der Waals surface area contributed by atoms with Gasteiger partial charge in [-0.15, -0.1) is 0 Å². The number of hydrogen-bond acceptors (Lipinski definition) is 7. The minimum Gasteiger partial charge on any atom is -0.391 e. The largest absolute Gasteiger partial charge is 0.391 e. The molecule has 0 unspecified atom stereocenters. The van der Waals surface area contributed by atoms with Gasteiger partial charge in [0.25, 0.3) is 0 Å². The highest BCUT2D eigenvalue weighted by Crippen LogP contribution is 2.40. The van der Waals surface area contributed by atoms with Crippen LogP contribution in [0.1, 0.15) is 61.8 Å². The van der Waals surface area contributed by atoms with E-state index in [0.29, 0.717) is 25.6 Å². The summed E-state index contributed by atoms with van der Waals surface area (Å²) in [5.41, 5.74) is 5.33. The number of anilines is 2. The Bertz CT molecular complexity index is 1340. The van der Waals surface area contributed by atoms with Crippen molar-refractivity contribution in [3.8, 4) is 0 Å². The molecule has 5 heterocycles. The maximum atomic E-state index is 10.3. The van der Waals surface area contributed by atoms with Gasteiger partial charge in [-0.1, -0.05) is 13.8 Å². The number of nitrogens with one attached hydrogen (secondary N) is 3. The summed E-state index contributed by atoms with van der Waals surface area (Å²) in [7, 11) is 0. The Labute approximate surface area is 205 Å². The fraction of sp³-hybridized carbons (Fsp3) is 0.500. The first-order valence-electron chi connectivity index (χ1n) is 12.8. The molecular formula is C26H34N8O. The third kappa shape index (κ3) is 4.58. The third-order valence-electron chi connectivity index (χ3n) is 7.29. The van der Waals surface area contributed by atoms with Gasteiger partial charge in [-0.25, -0.2) is 9.97 Å². The summed E-state index contributed by atoms with van der Waals surface area (Å²) in [6.45, 7) is 7.17. The number of hydrogen-bond donors (Lipinski definition) is 4. The van der Waals surface area contributed by atoms with E-state index in [9.17, 15) is 5.11 Å². The topological polar surface area (TPSA) is 104 Å². The fourth-order valence-electron chi connectivity index (χ4n) is 4.96. The first kappa shape index (κ1) is 22.3. The molecule has 35 heavy (non-hydrogen) atoms. The second-order valence-electron chi connectivity index (χ2n) is 10.3. The third-order valence-corrected chi connectivity index (χ3v) is 7.29. The predicted octanol–water partition coefficient (Wildman–Crippen LogP) is 3.37. The van der Waals surface area contributed by atoms with Crippen molar-refractivity contribution < 1.29 is 5.11 Å². The molecule has 0 spiro atoms. The second kappa shape index (κ2) is 9.13. The van der Waals surface area contributed by atoms with E-state index < -0.39 is 0 Å². The van der Waals surface area contributed by atoms with Gasteiger partial charge in [-0.3, -0.25) is 0 Å². The number of aromatic nitrogens is 5. The molecule has 2 fully saturated rings. The minimum absolute atomic E-state index is 0.207. The molecule has 184 valence electrons. The smallest absolute Gasteiger partial charge is 0.163 e. The van der Waals surface area contributed by atoms with Gasteiger partial charge < -0.3 is 25.5 Å². The number of aliphatic hydroxyl groups is 1. The summed E-state index contributed by atoms with van der Waals surface area (Å²) in [6, 6.07) is 6.43. The van der Waals surface area contributed by atoms with Crippen LogP contribution in [0.4, 0.5) is 11.6 Å². The SMILES string of the molecule is CC(C)c1cnn2c(NCc3cn4ccc(C5CC5)cc4n3)cc(NC[C@H]3CCNC[C@@H]3O)nc12. The number of rotatable bonds is 8. The van der Waals surface area contributed by atoms with E-state index in [0.717, 1.165) is 53.1 Å². The number of nitrogens with zero attached hydrogens (tertiary/aromatic N) is 5. The Morgan fingerprint density at radius 1 is 1.17 bits per heavy atom. The van der Waals surface area contributed by atoms with Crippen molar-refractivity contribution in [2.45, 2.75) is 57.6 Å². The molecule has 2 aliphatic rings. The molecule has 1 aliphatic carbocycles. The van der Waals surface area contributed by atoms with Crippen molar-refractivity contribution in [3.63, 3.8) is 0 Å². The molecule has 0 radical (unpaired) electrons. The van der Waals surface area contributed by atoms with Crippen molar-refractivity contribution in [2.75, 3.05) is 30.3 Å². The lowest BCUT2D eigenvalue weighted by molar-refractivity contribution is 0.0883. The van der Waals surface area contributed by atoms with Crippen LogP contribution in [0.15, 0.2) is 36.8 Å².